The van der Waals surface area contributed by atoms with E-state index in [-0.39, 0.29) is 5.78 Å². The van der Waals surface area contributed by atoms with Crippen LogP contribution < -0.4 is 0 Å². The molecular weight excluding hydrogens is 295 g/mol. The van der Waals surface area contributed by atoms with Gasteiger partial charge in [-0.1, -0.05) is 6.92 Å². The summed E-state index contributed by atoms with van der Waals surface area (Å²) in [6.07, 6.45) is 2.60. The number of carbonyl (C=O) groups is 1. The lowest BCUT2D eigenvalue weighted by atomic mass is 10.1. The van der Waals surface area contributed by atoms with Gasteiger partial charge in [0, 0.05) is 20.4 Å². The molecule has 1 aromatic rings. The van der Waals surface area contributed by atoms with Crippen LogP contribution in [0.4, 0.5) is 0 Å². The third-order valence-electron chi connectivity index (χ3n) is 1.75. The normalized spacial score (nSPS) is 10.1. The van der Waals surface area contributed by atoms with Crippen LogP contribution in [0, 0.1) is 3.57 Å². The summed E-state index contributed by atoms with van der Waals surface area (Å²) >= 11 is 3.91. The fraction of sp³-hybridized carbons (Fsp3) is 0.300. The predicted octanol–water partition coefficient (Wildman–Crippen LogP) is 3.61. The summed E-state index contributed by atoms with van der Waals surface area (Å²) in [6.45, 7) is 1.89. The molecule has 0 saturated carbocycles. The van der Waals surface area contributed by atoms with Crippen LogP contribution in [0.5, 0.6) is 0 Å². The summed E-state index contributed by atoms with van der Waals surface area (Å²) in [5, 5.41) is 0. The van der Waals surface area contributed by atoms with E-state index in [0.717, 1.165) is 14.0 Å². The minimum absolute atomic E-state index is 0.216. The minimum Gasteiger partial charge on any atom is -0.294 e. The average molecular weight is 306 g/mol. The first-order valence-electron chi connectivity index (χ1n) is 4.05. The van der Waals surface area contributed by atoms with Crippen molar-refractivity contribution in [3.05, 3.63) is 27.3 Å². The van der Waals surface area contributed by atoms with Gasteiger partial charge in [-0.2, -0.15) is 0 Å². The highest BCUT2D eigenvalue weighted by Gasteiger charge is 2.05. The summed E-state index contributed by atoms with van der Waals surface area (Å²) in [5.41, 5.74) is 0.832. The molecule has 0 unspecified atom stereocenters. The van der Waals surface area contributed by atoms with Crippen LogP contribution in [0.1, 0.15) is 23.7 Å². The van der Waals surface area contributed by atoms with Gasteiger partial charge < -0.3 is 0 Å². The van der Waals surface area contributed by atoms with Crippen LogP contribution in [-0.4, -0.2) is 12.0 Å². The van der Waals surface area contributed by atoms with Gasteiger partial charge in [0.2, 0.25) is 0 Å². The monoisotopic (exact) mass is 306 g/mol. The predicted molar refractivity (Wildman–Crippen MR) is 65.6 cm³/mol. The topological polar surface area (TPSA) is 17.1 Å². The van der Waals surface area contributed by atoms with Crippen LogP contribution in [0.15, 0.2) is 23.1 Å². The number of halogens is 1. The molecule has 0 aliphatic carbocycles. The SMILES string of the molecule is CCC(=O)c1cc(I)cc(SC)c1. The zero-order chi connectivity index (χ0) is 9.84. The van der Waals surface area contributed by atoms with Crippen molar-refractivity contribution in [3.63, 3.8) is 0 Å². The van der Waals surface area contributed by atoms with Crippen LogP contribution in [-0.2, 0) is 0 Å². The number of hydrogen-bond acceptors (Lipinski definition) is 2. The highest BCUT2D eigenvalue weighted by molar-refractivity contribution is 14.1. The van der Waals surface area contributed by atoms with Crippen LogP contribution in [0.2, 0.25) is 0 Å². The first-order chi connectivity index (χ1) is 6.17. The Morgan fingerprint density at radius 1 is 1.46 bits per heavy atom. The van der Waals surface area contributed by atoms with E-state index >= 15 is 0 Å². The molecule has 0 radical (unpaired) electrons. The lowest BCUT2D eigenvalue weighted by Crippen LogP contribution is -1.97. The number of carbonyl (C=O) groups excluding carboxylic acids is 1. The second-order valence-electron chi connectivity index (χ2n) is 2.66. The van der Waals surface area contributed by atoms with E-state index in [9.17, 15) is 4.79 Å². The molecule has 1 aromatic carbocycles. The molecule has 0 atom stereocenters. The van der Waals surface area contributed by atoms with Crippen molar-refractivity contribution in [3.8, 4) is 0 Å². The van der Waals surface area contributed by atoms with Gasteiger partial charge in [0.1, 0.15) is 0 Å². The molecular formula is C10H11IOS. The van der Waals surface area contributed by atoms with Gasteiger partial charge in [0.05, 0.1) is 0 Å². The number of thioether (sulfide) groups is 1. The van der Waals surface area contributed by atoms with Crippen molar-refractivity contribution >= 4 is 40.1 Å². The number of ketones is 1. The van der Waals surface area contributed by atoms with Crippen LogP contribution in [0.25, 0.3) is 0 Å². The average Bonchev–Trinajstić information content (AvgIpc) is 2.15. The molecule has 0 aliphatic rings. The van der Waals surface area contributed by atoms with Crippen molar-refractivity contribution < 1.29 is 4.79 Å². The summed E-state index contributed by atoms with van der Waals surface area (Å²) in [7, 11) is 0. The minimum atomic E-state index is 0.216. The van der Waals surface area contributed by atoms with Crippen LogP contribution in [0.3, 0.4) is 0 Å². The van der Waals surface area contributed by atoms with E-state index in [1.54, 1.807) is 11.8 Å². The fourth-order valence-corrected chi connectivity index (χ4v) is 2.42. The van der Waals surface area contributed by atoms with E-state index in [4.69, 9.17) is 0 Å². The zero-order valence-electron chi connectivity index (χ0n) is 7.63. The lowest BCUT2D eigenvalue weighted by molar-refractivity contribution is 0.0988. The van der Waals surface area contributed by atoms with Crippen molar-refractivity contribution in [1.82, 2.24) is 0 Å². The molecule has 0 N–H and O–H groups in total. The summed E-state index contributed by atoms with van der Waals surface area (Å²) in [6, 6.07) is 5.97. The highest BCUT2D eigenvalue weighted by Crippen LogP contribution is 2.20. The van der Waals surface area contributed by atoms with E-state index in [1.165, 1.54) is 0 Å². The molecule has 0 amide bonds. The standard InChI is InChI=1S/C10H11IOS/c1-3-10(12)7-4-8(11)6-9(5-7)13-2/h4-6H,3H2,1-2H3. The van der Waals surface area contributed by atoms with E-state index in [0.29, 0.717) is 6.42 Å². The Morgan fingerprint density at radius 3 is 2.69 bits per heavy atom. The van der Waals surface area contributed by atoms with Crippen LogP contribution >= 0.6 is 34.4 Å². The first kappa shape index (κ1) is 11.0. The lowest BCUT2D eigenvalue weighted by Gasteiger charge is -2.02. The largest absolute Gasteiger partial charge is 0.294 e. The van der Waals surface area contributed by atoms with Gasteiger partial charge in [0.25, 0.3) is 0 Å². The second-order valence-corrected chi connectivity index (χ2v) is 4.78. The second kappa shape index (κ2) is 5.00. The summed E-state index contributed by atoms with van der Waals surface area (Å²) in [4.78, 5) is 12.6. The van der Waals surface area contributed by atoms with Gasteiger partial charge >= 0.3 is 0 Å². The summed E-state index contributed by atoms with van der Waals surface area (Å²) < 4.78 is 1.13. The Bertz CT molecular complexity index is 323. The molecule has 70 valence electrons. The van der Waals surface area contributed by atoms with Gasteiger partial charge in [-0.3, -0.25) is 4.79 Å². The zero-order valence-corrected chi connectivity index (χ0v) is 10.6. The van der Waals surface area contributed by atoms with E-state index in [1.807, 2.05) is 25.3 Å². The van der Waals surface area contributed by atoms with Crippen molar-refractivity contribution in [2.45, 2.75) is 18.2 Å². The molecule has 13 heavy (non-hydrogen) atoms. The van der Waals surface area contributed by atoms with Crippen molar-refractivity contribution in [1.29, 1.82) is 0 Å². The van der Waals surface area contributed by atoms with Gasteiger partial charge in [-0.15, -0.1) is 11.8 Å². The molecule has 0 saturated heterocycles. The third-order valence-corrected chi connectivity index (χ3v) is 3.08. The number of rotatable bonds is 3. The maximum Gasteiger partial charge on any atom is 0.162 e. The Balaban J connectivity index is 3.08. The maximum atomic E-state index is 11.4. The van der Waals surface area contributed by atoms with Crippen molar-refractivity contribution in [2.75, 3.05) is 6.26 Å². The Hall–Kier alpha value is -0.0300. The quantitative estimate of drug-likeness (QED) is 0.482. The summed E-state index contributed by atoms with van der Waals surface area (Å²) in [5.74, 6) is 0.216. The Morgan fingerprint density at radius 2 is 2.15 bits per heavy atom. The first-order valence-corrected chi connectivity index (χ1v) is 6.35. The highest BCUT2D eigenvalue weighted by atomic mass is 127. The van der Waals surface area contributed by atoms with E-state index in [2.05, 4.69) is 28.7 Å². The Kier molecular flexibility index (Phi) is 4.25. The molecule has 1 rings (SSSR count). The maximum absolute atomic E-state index is 11.4. The Labute approximate surface area is 96.4 Å². The molecule has 0 aliphatic heterocycles. The fourth-order valence-electron chi connectivity index (χ4n) is 1.05. The molecule has 0 bridgehead atoms. The molecule has 0 aromatic heterocycles. The van der Waals surface area contributed by atoms with Crippen molar-refractivity contribution in [2.24, 2.45) is 0 Å². The number of hydrogen-bond donors (Lipinski definition) is 0. The third kappa shape index (κ3) is 2.98. The molecule has 0 spiro atoms. The van der Waals surface area contributed by atoms with E-state index < -0.39 is 0 Å². The molecule has 3 heteroatoms. The number of benzene rings is 1. The van der Waals surface area contributed by atoms with Gasteiger partial charge in [-0.25, -0.2) is 0 Å². The smallest absolute Gasteiger partial charge is 0.162 e. The number of Topliss-reactive ketones (excluding diaryl/α,β-unsaturated/α-hetero) is 1. The molecule has 0 heterocycles. The van der Waals surface area contributed by atoms with Gasteiger partial charge in [-0.05, 0) is 47.0 Å². The van der Waals surface area contributed by atoms with Gasteiger partial charge in [0.15, 0.2) is 5.78 Å². The molecule has 0 fully saturated rings. The molecule has 1 nitrogen and oxygen atoms in total.